The maximum absolute atomic E-state index is 12.4. The van der Waals surface area contributed by atoms with Crippen LogP contribution < -0.4 is 14.8 Å². The molecule has 2 heterocycles. The van der Waals surface area contributed by atoms with Crippen molar-refractivity contribution in [1.82, 2.24) is 10.3 Å². The average Bonchev–Trinajstić information content (AvgIpc) is 3.12. The van der Waals surface area contributed by atoms with Crippen molar-refractivity contribution in [3.63, 3.8) is 0 Å². The van der Waals surface area contributed by atoms with E-state index in [0.717, 1.165) is 12.0 Å². The summed E-state index contributed by atoms with van der Waals surface area (Å²) in [6, 6.07) is 8.94. The number of carbonyl (C=O) groups is 1. The fraction of sp³-hybridized carbons (Fsp3) is 0.278. The highest BCUT2D eigenvalue weighted by Crippen LogP contribution is 2.32. The lowest BCUT2D eigenvalue weighted by atomic mass is 10.2. The highest BCUT2D eigenvalue weighted by molar-refractivity contribution is 6.04. The number of benzene rings is 1. The Morgan fingerprint density at radius 1 is 1.32 bits per heavy atom. The van der Waals surface area contributed by atoms with Gasteiger partial charge in [0.25, 0.3) is 11.9 Å². The van der Waals surface area contributed by atoms with Gasteiger partial charge in [-0.25, -0.2) is 4.99 Å². The molecule has 3 rings (SSSR count). The summed E-state index contributed by atoms with van der Waals surface area (Å²) in [6.45, 7) is 2.98. The van der Waals surface area contributed by atoms with Crippen molar-refractivity contribution < 1.29 is 19.0 Å². The first-order valence-electron chi connectivity index (χ1n) is 8.03. The molecule has 7 nitrogen and oxygen atoms in total. The van der Waals surface area contributed by atoms with Gasteiger partial charge in [0, 0.05) is 18.0 Å². The third kappa shape index (κ3) is 4.47. The van der Waals surface area contributed by atoms with E-state index >= 15 is 0 Å². The van der Waals surface area contributed by atoms with Crippen LogP contribution >= 0.6 is 0 Å². The Morgan fingerprint density at radius 3 is 3.00 bits per heavy atom. The molecule has 25 heavy (non-hydrogen) atoms. The summed E-state index contributed by atoms with van der Waals surface area (Å²) in [4.78, 5) is 20.8. The lowest BCUT2D eigenvalue weighted by Gasteiger charge is -2.10. The maximum Gasteiger partial charge on any atom is 0.292 e. The molecule has 130 valence electrons. The van der Waals surface area contributed by atoms with E-state index in [4.69, 9.17) is 14.2 Å². The van der Waals surface area contributed by atoms with Gasteiger partial charge >= 0.3 is 0 Å². The van der Waals surface area contributed by atoms with Crippen LogP contribution in [0.2, 0.25) is 0 Å². The number of hydrogen-bond acceptors (Lipinski definition) is 6. The minimum absolute atomic E-state index is 0.165. The highest BCUT2D eigenvalue weighted by Gasteiger charge is 2.17. The fourth-order valence-electron chi connectivity index (χ4n) is 2.18. The molecule has 2 aromatic rings. The number of amides is 1. The van der Waals surface area contributed by atoms with Crippen LogP contribution in [0.25, 0.3) is 0 Å². The number of amidine groups is 1. The van der Waals surface area contributed by atoms with Crippen molar-refractivity contribution in [3.8, 4) is 11.5 Å². The van der Waals surface area contributed by atoms with Crippen LogP contribution in [0.1, 0.15) is 29.3 Å². The lowest BCUT2D eigenvalue weighted by molar-refractivity contribution is 0.0965. The third-order valence-corrected chi connectivity index (χ3v) is 3.43. The van der Waals surface area contributed by atoms with E-state index in [0.29, 0.717) is 30.2 Å². The number of pyridine rings is 1. The third-order valence-electron chi connectivity index (χ3n) is 3.43. The summed E-state index contributed by atoms with van der Waals surface area (Å²) in [5.41, 5.74) is 1.37. The van der Waals surface area contributed by atoms with Gasteiger partial charge < -0.3 is 14.2 Å². The maximum atomic E-state index is 12.4. The second-order valence-electron chi connectivity index (χ2n) is 5.35. The van der Waals surface area contributed by atoms with Gasteiger partial charge in [0.15, 0.2) is 11.5 Å². The Hall–Kier alpha value is -3.09. The first kappa shape index (κ1) is 16.8. The minimum atomic E-state index is -0.320. The number of aromatic nitrogens is 1. The molecule has 0 bridgehead atoms. The zero-order valence-corrected chi connectivity index (χ0v) is 13.9. The molecule has 1 aromatic heterocycles. The zero-order chi connectivity index (χ0) is 17.5. The minimum Gasteiger partial charge on any atom is -0.465 e. The quantitative estimate of drug-likeness (QED) is 0.667. The molecular formula is C18H19N3O4. The molecule has 1 aliphatic heterocycles. The van der Waals surface area contributed by atoms with E-state index in [-0.39, 0.29) is 18.7 Å². The number of nitrogens with zero attached hydrogens (tertiary/aromatic N) is 2. The molecule has 0 unspecified atom stereocenters. The van der Waals surface area contributed by atoms with Crippen LogP contribution in [0.15, 0.2) is 47.7 Å². The Bertz CT molecular complexity index is 762. The molecule has 0 aliphatic carbocycles. The molecule has 1 aromatic carbocycles. The number of nitrogens with one attached hydrogen (secondary N) is 1. The molecule has 1 N–H and O–H groups in total. The largest absolute Gasteiger partial charge is 0.465 e. The van der Waals surface area contributed by atoms with Crippen LogP contribution in [0, 0.1) is 0 Å². The van der Waals surface area contributed by atoms with Gasteiger partial charge in [-0.1, -0.05) is 13.0 Å². The van der Waals surface area contributed by atoms with Crippen molar-refractivity contribution >= 4 is 11.9 Å². The van der Waals surface area contributed by atoms with E-state index in [1.54, 1.807) is 30.6 Å². The summed E-state index contributed by atoms with van der Waals surface area (Å²) in [7, 11) is 0. The van der Waals surface area contributed by atoms with E-state index in [1.165, 1.54) is 0 Å². The van der Waals surface area contributed by atoms with Gasteiger partial charge in [0.1, 0.15) is 0 Å². The average molecular weight is 341 g/mol. The highest BCUT2D eigenvalue weighted by atomic mass is 16.7. The molecule has 0 radical (unpaired) electrons. The Morgan fingerprint density at radius 2 is 2.20 bits per heavy atom. The summed E-state index contributed by atoms with van der Waals surface area (Å²) < 4.78 is 16.1. The van der Waals surface area contributed by atoms with Gasteiger partial charge in [0.05, 0.1) is 13.2 Å². The van der Waals surface area contributed by atoms with Crippen molar-refractivity contribution in [2.45, 2.75) is 19.9 Å². The van der Waals surface area contributed by atoms with Crippen LogP contribution in [0.4, 0.5) is 0 Å². The Labute approximate surface area is 145 Å². The number of hydrogen-bond donors (Lipinski definition) is 1. The van der Waals surface area contributed by atoms with Crippen molar-refractivity contribution in [3.05, 3.63) is 53.9 Å². The first-order valence-corrected chi connectivity index (χ1v) is 8.03. The van der Waals surface area contributed by atoms with Gasteiger partial charge in [-0.2, -0.15) is 0 Å². The number of ether oxygens (including phenoxy) is 3. The standard InChI is InChI=1S/C18H19N3O4/c1-2-8-23-18(20-11-13-4-3-7-19-10-13)21-17(22)14-5-6-15-16(9-14)25-12-24-15/h3-7,9-10H,2,8,11-12H2,1H3,(H,20,21,22). The van der Waals surface area contributed by atoms with Crippen LogP contribution in [-0.4, -0.2) is 30.3 Å². The number of rotatable bonds is 5. The van der Waals surface area contributed by atoms with E-state index in [2.05, 4.69) is 15.3 Å². The molecular weight excluding hydrogens is 322 g/mol. The molecule has 1 aliphatic rings. The normalized spacial score (nSPS) is 12.8. The van der Waals surface area contributed by atoms with Crippen molar-refractivity contribution in [2.24, 2.45) is 4.99 Å². The topological polar surface area (TPSA) is 82.0 Å². The molecule has 7 heteroatoms. The van der Waals surface area contributed by atoms with E-state index in [9.17, 15) is 4.79 Å². The fourth-order valence-corrected chi connectivity index (χ4v) is 2.18. The lowest BCUT2D eigenvalue weighted by Crippen LogP contribution is -2.33. The van der Waals surface area contributed by atoms with Crippen molar-refractivity contribution in [2.75, 3.05) is 13.4 Å². The summed E-state index contributed by atoms with van der Waals surface area (Å²) in [6.07, 6.45) is 4.23. The SMILES string of the molecule is CCCOC(=NCc1cccnc1)NC(=O)c1ccc2c(c1)OCO2. The number of fused-ring (bicyclic) bond motifs is 1. The summed E-state index contributed by atoms with van der Waals surface area (Å²) in [5.74, 6) is 0.861. The first-order chi connectivity index (χ1) is 12.3. The number of aliphatic imine (C=N–C) groups is 1. The monoisotopic (exact) mass is 341 g/mol. The predicted molar refractivity (Wildman–Crippen MR) is 91.7 cm³/mol. The van der Waals surface area contributed by atoms with Crippen LogP contribution in [0.5, 0.6) is 11.5 Å². The second-order valence-corrected chi connectivity index (χ2v) is 5.35. The van der Waals surface area contributed by atoms with E-state index in [1.807, 2.05) is 19.1 Å². The second kappa shape index (κ2) is 8.14. The Kier molecular flexibility index (Phi) is 5.46. The zero-order valence-electron chi connectivity index (χ0n) is 13.9. The smallest absolute Gasteiger partial charge is 0.292 e. The van der Waals surface area contributed by atoms with Crippen LogP contribution in [-0.2, 0) is 11.3 Å². The molecule has 0 fully saturated rings. The van der Waals surface area contributed by atoms with Gasteiger partial charge in [-0.05, 0) is 36.2 Å². The molecule has 0 saturated carbocycles. The number of carbonyl (C=O) groups excluding carboxylic acids is 1. The van der Waals surface area contributed by atoms with Gasteiger partial charge in [0.2, 0.25) is 6.79 Å². The molecule has 0 atom stereocenters. The Balaban J connectivity index is 1.69. The molecule has 0 spiro atoms. The van der Waals surface area contributed by atoms with Crippen LogP contribution in [0.3, 0.4) is 0 Å². The summed E-state index contributed by atoms with van der Waals surface area (Å²) in [5, 5.41) is 2.70. The van der Waals surface area contributed by atoms with Crippen molar-refractivity contribution in [1.29, 1.82) is 0 Å². The van der Waals surface area contributed by atoms with Gasteiger partial charge in [-0.3, -0.25) is 15.1 Å². The van der Waals surface area contributed by atoms with Gasteiger partial charge in [-0.15, -0.1) is 0 Å². The van der Waals surface area contributed by atoms with E-state index < -0.39 is 0 Å². The molecule has 0 saturated heterocycles. The summed E-state index contributed by atoms with van der Waals surface area (Å²) >= 11 is 0. The predicted octanol–water partition coefficient (Wildman–Crippen LogP) is 2.52. The molecule has 1 amide bonds.